The van der Waals surface area contributed by atoms with Gasteiger partial charge >= 0.3 is 5.97 Å². The SMILES string of the molecule is Cc1ccc(C)c(N(C)CCC(=O)O)c1. The van der Waals surface area contributed by atoms with Gasteiger partial charge in [-0.1, -0.05) is 12.1 Å². The number of aliphatic carboxylic acids is 1. The van der Waals surface area contributed by atoms with Crippen LogP contribution in [0.15, 0.2) is 18.2 Å². The van der Waals surface area contributed by atoms with Crippen LogP contribution in [0, 0.1) is 13.8 Å². The van der Waals surface area contributed by atoms with Gasteiger partial charge in [0.25, 0.3) is 0 Å². The van der Waals surface area contributed by atoms with Gasteiger partial charge in [0, 0.05) is 19.3 Å². The Morgan fingerprint density at radius 1 is 1.40 bits per heavy atom. The molecule has 0 atom stereocenters. The molecule has 82 valence electrons. The molecule has 0 aliphatic carbocycles. The van der Waals surface area contributed by atoms with E-state index >= 15 is 0 Å². The zero-order valence-electron chi connectivity index (χ0n) is 9.45. The fourth-order valence-corrected chi connectivity index (χ4v) is 1.51. The van der Waals surface area contributed by atoms with Crippen LogP contribution in [0.4, 0.5) is 5.69 Å². The minimum atomic E-state index is -0.757. The lowest BCUT2D eigenvalue weighted by Gasteiger charge is -2.21. The lowest BCUT2D eigenvalue weighted by atomic mass is 10.1. The summed E-state index contributed by atoms with van der Waals surface area (Å²) < 4.78 is 0. The van der Waals surface area contributed by atoms with Crippen LogP contribution in [0.2, 0.25) is 0 Å². The molecule has 1 N–H and O–H groups in total. The second-order valence-electron chi connectivity index (χ2n) is 3.86. The summed E-state index contributed by atoms with van der Waals surface area (Å²) in [5.74, 6) is -0.757. The van der Waals surface area contributed by atoms with Crippen LogP contribution in [0.1, 0.15) is 17.5 Å². The van der Waals surface area contributed by atoms with Gasteiger partial charge in [0.05, 0.1) is 6.42 Å². The van der Waals surface area contributed by atoms with Gasteiger partial charge in [-0.3, -0.25) is 4.79 Å². The number of hydrogen-bond acceptors (Lipinski definition) is 2. The molecule has 3 nitrogen and oxygen atoms in total. The van der Waals surface area contributed by atoms with Gasteiger partial charge in [0.1, 0.15) is 0 Å². The van der Waals surface area contributed by atoms with Crippen molar-refractivity contribution in [1.82, 2.24) is 0 Å². The third-order valence-electron chi connectivity index (χ3n) is 2.44. The van der Waals surface area contributed by atoms with Gasteiger partial charge in [-0.25, -0.2) is 0 Å². The molecular formula is C12H17NO2. The Balaban J connectivity index is 2.76. The predicted molar refractivity (Wildman–Crippen MR) is 61.4 cm³/mol. The first-order valence-corrected chi connectivity index (χ1v) is 5.01. The highest BCUT2D eigenvalue weighted by Crippen LogP contribution is 2.20. The molecule has 0 saturated carbocycles. The number of nitrogens with zero attached hydrogens (tertiary/aromatic N) is 1. The van der Waals surface area contributed by atoms with Gasteiger partial charge in [-0.15, -0.1) is 0 Å². The Labute approximate surface area is 90.3 Å². The van der Waals surface area contributed by atoms with Gasteiger partial charge in [0.2, 0.25) is 0 Å². The van der Waals surface area contributed by atoms with E-state index in [4.69, 9.17) is 5.11 Å². The minimum absolute atomic E-state index is 0.171. The first-order chi connectivity index (χ1) is 7.00. The van der Waals surface area contributed by atoms with E-state index in [9.17, 15) is 4.79 Å². The molecule has 15 heavy (non-hydrogen) atoms. The van der Waals surface area contributed by atoms with Crippen LogP contribution in [0.5, 0.6) is 0 Å². The molecule has 1 rings (SSSR count). The predicted octanol–water partition coefficient (Wildman–Crippen LogP) is 2.21. The highest BCUT2D eigenvalue weighted by Gasteiger charge is 2.06. The van der Waals surface area contributed by atoms with E-state index in [1.165, 1.54) is 11.1 Å². The number of hydrogen-bond donors (Lipinski definition) is 1. The van der Waals surface area contributed by atoms with Crippen molar-refractivity contribution in [2.45, 2.75) is 20.3 Å². The molecule has 0 saturated heterocycles. The number of benzene rings is 1. The summed E-state index contributed by atoms with van der Waals surface area (Å²) in [7, 11) is 1.92. The van der Waals surface area contributed by atoms with Crippen molar-refractivity contribution < 1.29 is 9.90 Å². The average Bonchev–Trinajstić information content (AvgIpc) is 2.18. The number of carboxylic acids is 1. The van der Waals surface area contributed by atoms with Crippen LogP contribution in [0.3, 0.4) is 0 Å². The first-order valence-electron chi connectivity index (χ1n) is 5.01. The number of carbonyl (C=O) groups is 1. The number of aryl methyl sites for hydroxylation is 2. The summed E-state index contributed by atoms with van der Waals surface area (Å²) in [5.41, 5.74) is 3.47. The molecule has 0 amide bonds. The van der Waals surface area contributed by atoms with E-state index < -0.39 is 5.97 Å². The quantitative estimate of drug-likeness (QED) is 0.823. The van der Waals surface area contributed by atoms with Crippen LogP contribution >= 0.6 is 0 Å². The summed E-state index contributed by atoms with van der Waals surface area (Å²) in [4.78, 5) is 12.4. The second kappa shape index (κ2) is 4.82. The van der Waals surface area contributed by atoms with E-state index in [1.54, 1.807) is 0 Å². The monoisotopic (exact) mass is 207 g/mol. The zero-order valence-corrected chi connectivity index (χ0v) is 9.45. The van der Waals surface area contributed by atoms with E-state index in [1.807, 2.05) is 25.8 Å². The second-order valence-corrected chi connectivity index (χ2v) is 3.86. The fourth-order valence-electron chi connectivity index (χ4n) is 1.51. The van der Waals surface area contributed by atoms with E-state index in [0.29, 0.717) is 6.54 Å². The highest BCUT2D eigenvalue weighted by atomic mass is 16.4. The Morgan fingerprint density at radius 2 is 2.07 bits per heavy atom. The van der Waals surface area contributed by atoms with Gasteiger partial charge in [-0.2, -0.15) is 0 Å². The normalized spacial score (nSPS) is 10.1. The van der Waals surface area contributed by atoms with Crippen LogP contribution in [-0.2, 0) is 4.79 Å². The molecule has 0 aliphatic heterocycles. The average molecular weight is 207 g/mol. The molecule has 0 bridgehead atoms. The van der Waals surface area contributed by atoms with Crippen molar-refractivity contribution in [3.05, 3.63) is 29.3 Å². The lowest BCUT2D eigenvalue weighted by Crippen LogP contribution is -2.21. The maximum absolute atomic E-state index is 10.5. The first kappa shape index (κ1) is 11.6. The smallest absolute Gasteiger partial charge is 0.305 e. The third-order valence-corrected chi connectivity index (χ3v) is 2.44. The Kier molecular flexibility index (Phi) is 3.72. The Bertz CT molecular complexity index is 361. The lowest BCUT2D eigenvalue weighted by molar-refractivity contribution is -0.136. The topological polar surface area (TPSA) is 40.5 Å². The number of rotatable bonds is 4. The zero-order chi connectivity index (χ0) is 11.4. The molecular weight excluding hydrogens is 190 g/mol. The molecule has 0 fully saturated rings. The summed E-state index contributed by atoms with van der Waals surface area (Å²) in [6.45, 7) is 4.61. The molecule has 1 aromatic carbocycles. The Hall–Kier alpha value is -1.51. The van der Waals surface area contributed by atoms with Crippen LogP contribution in [-0.4, -0.2) is 24.7 Å². The van der Waals surface area contributed by atoms with Gasteiger partial charge < -0.3 is 10.0 Å². The van der Waals surface area contributed by atoms with Gasteiger partial charge in [0.15, 0.2) is 0 Å². The Morgan fingerprint density at radius 3 is 2.67 bits per heavy atom. The summed E-state index contributed by atoms with van der Waals surface area (Å²) in [6.07, 6.45) is 0.171. The molecule has 3 heteroatoms. The van der Waals surface area contributed by atoms with Crippen molar-refractivity contribution in [2.24, 2.45) is 0 Å². The molecule has 0 unspecified atom stereocenters. The largest absolute Gasteiger partial charge is 0.481 e. The highest BCUT2D eigenvalue weighted by molar-refractivity contribution is 5.68. The van der Waals surface area contributed by atoms with Crippen LogP contribution in [0.25, 0.3) is 0 Å². The van der Waals surface area contributed by atoms with Crippen molar-refractivity contribution in [2.75, 3.05) is 18.5 Å². The molecule has 0 aromatic heterocycles. The number of anilines is 1. The fraction of sp³-hybridized carbons (Fsp3) is 0.417. The van der Waals surface area contributed by atoms with Crippen LogP contribution < -0.4 is 4.90 Å². The van der Waals surface area contributed by atoms with E-state index in [-0.39, 0.29) is 6.42 Å². The van der Waals surface area contributed by atoms with Crippen molar-refractivity contribution in [3.8, 4) is 0 Å². The minimum Gasteiger partial charge on any atom is -0.481 e. The molecule has 0 radical (unpaired) electrons. The summed E-state index contributed by atoms with van der Waals surface area (Å²) >= 11 is 0. The maximum Gasteiger partial charge on any atom is 0.305 e. The summed E-state index contributed by atoms with van der Waals surface area (Å²) in [5, 5.41) is 8.61. The van der Waals surface area contributed by atoms with E-state index in [0.717, 1.165) is 5.69 Å². The summed E-state index contributed by atoms with van der Waals surface area (Å²) in [6, 6.07) is 6.20. The third kappa shape index (κ3) is 3.27. The molecule has 0 aliphatic rings. The number of carboxylic acid groups (broad SMARTS) is 1. The van der Waals surface area contributed by atoms with Gasteiger partial charge in [-0.05, 0) is 31.0 Å². The van der Waals surface area contributed by atoms with Crippen molar-refractivity contribution in [3.63, 3.8) is 0 Å². The van der Waals surface area contributed by atoms with Crippen molar-refractivity contribution >= 4 is 11.7 Å². The van der Waals surface area contributed by atoms with Crippen molar-refractivity contribution in [1.29, 1.82) is 0 Å². The molecule has 1 aromatic rings. The molecule has 0 heterocycles. The van der Waals surface area contributed by atoms with E-state index in [2.05, 4.69) is 18.2 Å². The molecule has 0 spiro atoms. The maximum atomic E-state index is 10.5. The standard InChI is InChI=1S/C12H17NO2/c1-9-4-5-10(2)11(8-9)13(3)7-6-12(14)15/h4-5,8H,6-7H2,1-3H3,(H,14,15).